The third kappa shape index (κ3) is 5.74. The van der Waals surface area contributed by atoms with Crippen LogP contribution in [0.2, 0.25) is 0 Å². The average molecular weight is 494 g/mol. The van der Waals surface area contributed by atoms with Crippen LogP contribution in [0.5, 0.6) is 11.5 Å². The average Bonchev–Trinajstić information content (AvgIpc) is 2.88. The number of aliphatic hydroxyl groups excluding tert-OH is 1. The predicted octanol–water partition coefficient (Wildman–Crippen LogP) is 4.48. The summed E-state index contributed by atoms with van der Waals surface area (Å²) in [6.45, 7) is 0.810. The summed E-state index contributed by atoms with van der Waals surface area (Å²) in [4.78, 5) is 15.2. The number of fused-ring (bicyclic) bond motifs is 2. The normalized spacial score (nSPS) is 19.6. The topological polar surface area (TPSA) is 59.0 Å². The number of aliphatic hydroxyl groups is 1. The van der Waals surface area contributed by atoms with Crippen LogP contribution >= 0.6 is 0 Å². The summed E-state index contributed by atoms with van der Waals surface area (Å²) < 4.78 is 39.0. The highest BCUT2D eigenvalue weighted by Gasteiger charge is 2.31. The number of carbonyl (C=O) groups excluding carboxylic acids is 1. The van der Waals surface area contributed by atoms with Crippen LogP contribution in [-0.2, 0) is 24.2 Å². The molecular formula is C29H29F2NO4. The van der Waals surface area contributed by atoms with E-state index in [0.717, 1.165) is 16.7 Å². The van der Waals surface area contributed by atoms with Crippen molar-refractivity contribution in [2.75, 3.05) is 13.1 Å². The maximum atomic E-state index is 13.5. The number of rotatable bonds is 8. The van der Waals surface area contributed by atoms with Crippen molar-refractivity contribution in [3.63, 3.8) is 0 Å². The van der Waals surface area contributed by atoms with E-state index in [4.69, 9.17) is 9.47 Å². The molecule has 0 aromatic heterocycles. The molecule has 188 valence electrons. The molecule has 7 heteroatoms. The Hall–Kier alpha value is -3.29. The van der Waals surface area contributed by atoms with Gasteiger partial charge in [0.15, 0.2) is 11.9 Å². The van der Waals surface area contributed by atoms with E-state index in [9.17, 15) is 18.7 Å². The van der Waals surface area contributed by atoms with Crippen molar-refractivity contribution in [3.05, 3.63) is 95.1 Å². The van der Waals surface area contributed by atoms with Crippen molar-refractivity contribution >= 4 is 5.78 Å². The molecule has 1 N–H and O–H groups in total. The van der Waals surface area contributed by atoms with Gasteiger partial charge < -0.3 is 14.6 Å². The Kier molecular flexibility index (Phi) is 7.30. The maximum Gasteiger partial charge on any atom is 0.187 e. The van der Waals surface area contributed by atoms with Gasteiger partial charge in [-0.2, -0.15) is 0 Å². The highest BCUT2D eigenvalue weighted by molar-refractivity contribution is 5.85. The fourth-order valence-corrected chi connectivity index (χ4v) is 4.96. The minimum atomic E-state index is -0.837. The molecule has 2 aliphatic rings. The summed E-state index contributed by atoms with van der Waals surface area (Å²) in [7, 11) is 0. The molecule has 3 aromatic rings. The summed E-state index contributed by atoms with van der Waals surface area (Å²) >= 11 is 0. The lowest BCUT2D eigenvalue weighted by Crippen LogP contribution is -2.46. The van der Waals surface area contributed by atoms with Crippen molar-refractivity contribution in [1.82, 2.24) is 4.90 Å². The molecule has 0 aliphatic carbocycles. The zero-order chi connectivity index (χ0) is 25.1. The molecule has 2 aliphatic heterocycles. The number of hydrogen-bond acceptors (Lipinski definition) is 5. The summed E-state index contributed by atoms with van der Waals surface area (Å²) in [6, 6.07) is 18.5. The van der Waals surface area contributed by atoms with Crippen LogP contribution < -0.4 is 9.47 Å². The summed E-state index contributed by atoms with van der Waals surface area (Å²) in [5, 5.41) is 11.1. The molecule has 0 bridgehead atoms. The van der Waals surface area contributed by atoms with Crippen LogP contribution in [0.15, 0.2) is 66.7 Å². The SMILES string of the molecule is O=C(CN(Cc1ccccc1)C[C@H](O)[C@H]1CCc2cc(F)ccc2O1)C1CCc2cc(F)ccc2O1. The lowest BCUT2D eigenvalue weighted by molar-refractivity contribution is -0.128. The van der Waals surface area contributed by atoms with E-state index < -0.39 is 18.3 Å². The number of nitrogens with zero attached hydrogens (tertiary/aromatic N) is 1. The standard InChI is InChI=1S/C29H29F2NO4/c30-22-8-12-26-20(14-22)6-10-28(35-26)24(33)17-32(16-19-4-2-1-3-5-19)18-25(34)29-11-7-21-15-23(31)9-13-27(21)36-29/h1-5,8-9,12-15,24,28-29,33H,6-7,10-11,16-18H2/t24-,28+,29?/m0/s1. The Morgan fingerprint density at radius 1 is 0.917 bits per heavy atom. The Labute approximate surface area is 209 Å². The Balaban J connectivity index is 1.26. The molecule has 5 rings (SSSR count). The molecule has 0 saturated heterocycles. The molecule has 2 heterocycles. The van der Waals surface area contributed by atoms with E-state index >= 15 is 0 Å². The van der Waals surface area contributed by atoms with Gasteiger partial charge in [0.1, 0.15) is 35.3 Å². The number of aryl methyl sites for hydroxylation is 2. The fourth-order valence-electron chi connectivity index (χ4n) is 4.96. The van der Waals surface area contributed by atoms with Gasteiger partial charge in [-0.1, -0.05) is 30.3 Å². The first-order chi connectivity index (χ1) is 17.4. The van der Waals surface area contributed by atoms with Crippen molar-refractivity contribution in [2.24, 2.45) is 0 Å². The first-order valence-corrected chi connectivity index (χ1v) is 12.3. The monoisotopic (exact) mass is 493 g/mol. The Bertz CT molecular complexity index is 1220. The number of benzene rings is 3. The largest absolute Gasteiger partial charge is 0.487 e. The van der Waals surface area contributed by atoms with Gasteiger partial charge in [0.05, 0.1) is 6.54 Å². The molecule has 0 amide bonds. The van der Waals surface area contributed by atoms with Gasteiger partial charge in [0, 0.05) is 13.1 Å². The van der Waals surface area contributed by atoms with Gasteiger partial charge in [-0.25, -0.2) is 8.78 Å². The third-order valence-electron chi connectivity index (χ3n) is 6.83. The Morgan fingerprint density at radius 3 is 2.25 bits per heavy atom. The highest BCUT2D eigenvalue weighted by atomic mass is 19.1. The van der Waals surface area contributed by atoms with Gasteiger partial charge in [-0.05, 0) is 78.8 Å². The highest BCUT2D eigenvalue weighted by Crippen LogP contribution is 2.30. The van der Waals surface area contributed by atoms with E-state index in [1.165, 1.54) is 24.3 Å². The van der Waals surface area contributed by atoms with Crippen LogP contribution in [0.3, 0.4) is 0 Å². The lowest BCUT2D eigenvalue weighted by Gasteiger charge is -2.33. The van der Waals surface area contributed by atoms with E-state index in [1.807, 2.05) is 35.2 Å². The van der Waals surface area contributed by atoms with Crippen molar-refractivity contribution in [2.45, 2.75) is 50.5 Å². The zero-order valence-corrected chi connectivity index (χ0v) is 19.9. The smallest absolute Gasteiger partial charge is 0.187 e. The fraction of sp³-hybridized carbons (Fsp3) is 0.345. The second kappa shape index (κ2) is 10.8. The van der Waals surface area contributed by atoms with Crippen LogP contribution in [0.25, 0.3) is 0 Å². The second-order valence-electron chi connectivity index (χ2n) is 9.53. The first-order valence-electron chi connectivity index (χ1n) is 12.3. The molecule has 0 saturated carbocycles. The molecule has 0 spiro atoms. The molecule has 1 unspecified atom stereocenters. The summed E-state index contributed by atoms with van der Waals surface area (Å²) in [5.41, 5.74) is 2.59. The van der Waals surface area contributed by atoms with Crippen molar-refractivity contribution < 1.29 is 28.2 Å². The van der Waals surface area contributed by atoms with E-state index in [1.54, 1.807) is 12.1 Å². The molecule has 3 atom stereocenters. The van der Waals surface area contributed by atoms with Crippen LogP contribution in [0.1, 0.15) is 29.5 Å². The molecule has 36 heavy (non-hydrogen) atoms. The minimum Gasteiger partial charge on any atom is -0.487 e. The quantitative estimate of drug-likeness (QED) is 0.501. The Morgan fingerprint density at radius 2 is 1.56 bits per heavy atom. The molecule has 3 aromatic carbocycles. The van der Waals surface area contributed by atoms with Gasteiger partial charge in [0.25, 0.3) is 0 Å². The predicted molar refractivity (Wildman–Crippen MR) is 131 cm³/mol. The van der Waals surface area contributed by atoms with Gasteiger partial charge >= 0.3 is 0 Å². The zero-order valence-electron chi connectivity index (χ0n) is 19.9. The van der Waals surface area contributed by atoms with Crippen molar-refractivity contribution in [3.8, 4) is 11.5 Å². The molecule has 0 fully saturated rings. The maximum absolute atomic E-state index is 13.5. The molecule has 5 nitrogen and oxygen atoms in total. The third-order valence-corrected chi connectivity index (χ3v) is 6.83. The second-order valence-corrected chi connectivity index (χ2v) is 9.53. The first kappa shape index (κ1) is 24.4. The lowest BCUT2D eigenvalue weighted by atomic mass is 9.98. The number of ketones is 1. The van der Waals surface area contributed by atoms with E-state index in [2.05, 4.69) is 0 Å². The van der Waals surface area contributed by atoms with Crippen molar-refractivity contribution in [1.29, 1.82) is 0 Å². The molecule has 0 radical (unpaired) electrons. The van der Waals surface area contributed by atoms with Gasteiger partial charge in [-0.15, -0.1) is 0 Å². The van der Waals surface area contributed by atoms with Gasteiger partial charge in [0.2, 0.25) is 0 Å². The van der Waals surface area contributed by atoms with Crippen LogP contribution in [0, 0.1) is 11.6 Å². The van der Waals surface area contributed by atoms with E-state index in [0.29, 0.717) is 43.7 Å². The number of carbonyl (C=O) groups is 1. The number of hydrogen-bond donors (Lipinski definition) is 1. The van der Waals surface area contributed by atoms with Gasteiger partial charge in [-0.3, -0.25) is 9.69 Å². The van der Waals surface area contributed by atoms with Crippen LogP contribution in [-0.4, -0.2) is 47.2 Å². The van der Waals surface area contributed by atoms with E-state index in [-0.39, 0.29) is 30.5 Å². The number of Topliss-reactive ketones (excluding diaryl/α,β-unsaturated/α-hetero) is 1. The summed E-state index contributed by atoms with van der Waals surface area (Å²) in [5.74, 6) is 0.423. The number of halogens is 2. The minimum absolute atomic E-state index is 0.0847. The molecular weight excluding hydrogens is 464 g/mol. The van der Waals surface area contributed by atoms with Crippen LogP contribution in [0.4, 0.5) is 8.78 Å². The number of ether oxygens (including phenoxy) is 2. The summed E-state index contributed by atoms with van der Waals surface area (Å²) in [6.07, 6.45) is 0.314.